The first-order valence-electron chi connectivity index (χ1n) is 9.46. The van der Waals surface area contributed by atoms with Gasteiger partial charge in [0.1, 0.15) is 0 Å². The smallest absolute Gasteiger partial charge is 0.321 e. The minimum Gasteiger partial charge on any atom is -0.368 e. The fourth-order valence-electron chi connectivity index (χ4n) is 3.40. The molecule has 5 heteroatoms. The molecule has 0 spiro atoms. The normalized spacial score (nSPS) is 14.4. The second kappa shape index (κ2) is 8.25. The van der Waals surface area contributed by atoms with E-state index in [0.29, 0.717) is 30.3 Å². The number of urea groups is 1. The zero-order valence-electron chi connectivity index (χ0n) is 16.2. The molecule has 1 fully saturated rings. The second-order valence-corrected chi connectivity index (χ2v) is 7.25. The zero-order valence-corrected chi connectivity index (χ0v) is 16.2. The Bertz CT molecular complexity index is 807. The number of Topliss-reactive ketones (excluding diaryl/α,β-unsaturated/α-hetero) is 1. The average Bonchev–Trinajstić information content (AvgIpc) is 2.68. The molecule has 5 nitrogen and oxygen atoms in total. The minimum atomic E-state index is -0.0950. The van der Waals surface area contributed by atoms with Crippen LogP contribution in [0.3, 0.4) is 0 Å². The Morgan fingerprint density at radius 1 is 0.926 bits per heavy atom. The molecule has 0 unspecified atom stereocenters. The molecule has 0 radical (unpaired) electrons. The van der Waals surface area contributed by atoms with Gasteiger partial charge in [-0.05, 0) is 48.7 Å². The number of nitrogens with one attached hydrogen (secondary N) is 1. The molecule has 1 aliphatic heterocycles. The number of para-hydroxylation sites is 1. The van der Waals surface area contributed by atoms with Crippen molar-refractivity contribution in [2.45, 2.75) is 26.7 Å². The van der Waals surface area contributed by atoms with E-state index in [-0.39, 0.29) is 11.8 Å². The van der Waals surface area contributed by atoms with Crippen molar-refractivity contribution in [1.29, 1.82) is 0 Å². The van der Waals surface area contributed by atoms with E-state index in [1.54, 1.807) is 24.3 Å². The molecule has 1 aliphatic rings. The van der Waals surface area contributed by atoms with Crippen LogP contribution in [-0.4, -0.2) is 42.9 Å². The van der Waals surface area contributed by atoms with Gasteiger partial charge in [0.15, 0.2) is 5.78 Å². The summed E-state index contributed by atoms with van der Waals surface area (Å²) in [5.74, 6) is 0.492. The van der Waals surface area contributed by atoms with Crippen LogP contribution in [0.15, 0.2) is 48.5 Å². The average molecular weight is 365 g/mol. The van der Waals surface area contributed by atoms with E-state index in [9.17, 15) is 9.59 Å². The standard InChI is InChI=1S/C22H27N3O2/c1-16(2)20-6-4-5-7-21(20)24-12-14-25(15-13-24)22(27)23-19-10-8-18(9-11-19)17(3)26/h4-11,16H,12-15H2,1-3H3,(H,23,27). The topological polar surface area (TPSA) is 52.7 Å². The van der Waals surface area contributed by atoms with Gasteiger partial charge in [-0.3, -0.25) is 4.79 Å². The Morgan fingerprint density at radius 3 is 2.15 bits per heavy atom. The number of carbonyl (C=O) groups is 2. The first-order chi connectivity index (χ1) is 13.0. The summed E-state index contributed by atoms with van der Waals surface area (Å²) in [7, 11) is 0. The van der Waals surface area contributed by atoms with Gasteiger partial charge in [-0.2, -0.15) is 0 Å². The fourth-order valence-corrected chi connectivity index (χ4v) is 3.40. The lowest BCUT2D eigenvalue weighted by Gasteiger charge is -2.37. The van der Waals surface area contributed by atoms with E-state index in [1.165, 1.54) is 18.2 Å². The third-order valence-corrected chi connectivity index (χ3v) is 5.01. The molecule has 142 valence electrons. The number of hydrogen-bond acceptors (Lipinski definition) is 3. The Kier molecular flexibility index (Phi) is 5.79. The lowest BCUT2D eigenvalue weighted by atomic mass is 10.00. The van der Waals surface area contributed by atoms with Crippen molar-refractivity contribution >= 4 is 23.2 Å². The van der Waals surface area contributed by atoms with Gasteiger partial charge in [0.05, 0.1) is 0 Å². The SMILES string of the molecule is CC(=O)c1ccc(NC(=O)N2CCN(c3ccccc3C(C)C)CC2)cc1. The highest BCUT2D eigenvalue weighted by atomic mass is 16.2. The summed E-state index contributed by atoms with van der Waals surface area (Å²) in [5.41, 5.74) is 3.97. The van der Waals surface area contributed by atoms with E-state index in [2.05, 4.69) is 48.3 Å². The molecule has 0 bridgehead atoms. The van der Waals surface area contributed by atoms with E-state index in [1.807, 2.05) is 4.90 Å². The monoisotopic (exact) mass is 365 g/mol. The van der Waals surface area contributed by atoms with Gasteiger partial charge in [0, 0.05) is 43.1 Å². The van der Waals surface area contributed by atoms with Gasteiger partial charge in [0.25, 0.3) is 0 Å². The van der Waals surface area contributed by atoms with E-state index < -0.39 is 0 Å². The van der Waals surface area contributed by atoms with Gasteiger partial charge < -0.3 is 15.1 Å². The van der Waals surface area contributed by atoms with Gasteiger partial charge in [-0.15, -0.1) is 0 Å². The number of piperazine rings is 1. The zero-order chi connectivity index (χ0) is 19.4. The Balaban J connectivity index is 1.59. The summed E-state index contributed by atoms with van der Waals surface area (Å²) >= 11 is 0. The van der Waals surface area contributed by atoms with Gasteiger partial charge >= 0.3 is 6.03 Å². The van der Waals surface area contributed by atoms with Crippen LogP contribution in [-0.2, 0) is 0 Å². The predicted octanol–water partition coefficient (Wildman–Crippen LogP) is 4.37. The third-order valence-electron chi connectivity index (χ3n) is 5.01. The summed E-state index contributed by atoms with van der Waals surface area (Å²) in [4.78, 5) is 28.1. The molecule has 3 rings (SSSR count). The maximum atomic E-state index is 12.5. The van der Waals surface area contributed by atoms with Crippen LogP contribution in [0.5, 0.6) is 0 Å². The summed E-state index contributed by atoms with van der Waals surface area (Å²) in [5, 5.41) is 2.92. The van der Waals surface area contributed by atoms with Crippen molar-refractivity contribution in [3.05, 3.63) is 59.7 Å². The van der Waals surface area contributed by atoms with Crippen molar-refractivity contribution in [2.75, 3.05) is 36.4 Å². The van der Waals surface area contributed by atoms with Crippen molar-refractivity contribution < 1.29 is 9.59 Å². The molecule has 0 atom stereocenters. The molecule has 0 aliphatic carbocycles. The van der Waals surface area contributed by atoms with Crippen LogP contribution >= 0.6 is 0 Å². The highest BCUT2D eigenvalue weighted by Gasteiger charge is 2.23. The van der Waals surface area contributed by atoms with Gasteiger partial charge in [0.2, 0.25) is 0 Å². The van der Waals surface area contributed by atoms with Gasteiger partial charge in [-0.25, -0.2) is 4.79 Å². The summed E-state index contributed by atoms with van der Waals surface area (Å²) in [6.45, 7) is 8.96. The molecule has 1 heterocycles. The first kappa shape index (κ1) is 19.0. The minimum absolute atomic E-state index is 0.0191. The van der Waals surface area contributed by atoms with Crippen LogP contribution in [0.2, 0.25) is 0 Å². The summed E-state index contributed by atoms with van der Waals surface area (Å²) < 4.78 is 0. The summed E-state index contributed by atoms with van der Waals surface area (Å²) in [6, 6.07) is 15.4. The lowest BCUT2D eigenvalue weighted by molar-refractivity contribution is 0.101. The van der Waals surface area contributed by atoms with Crippen molar-refractivity contribution in [3.63, 3.8) is 0 Å². The molecule has 2 aromatic carbocycles. The molecule has 2 aromatic rings. The van der Waals surface area contributed by atoms with Crippen LogP contribution in [0.1, 0.15) is 42.6 Å². The Morgan fingerprint density at radius 2 is 1.56 bits per heavy atom. The maximum Gasteiger partial charge on any atom is 0.321 e. The number of hydrogen-bond donors (Lipinski definition) is 1. The lowest BCUT2D eigenvalue weighted by Crippen LogP contribution is -2.50. The molecule has 1 saturated heterocycles. The molecule has 2 amide bonds. The number of anilines is 2. The number of rotatable bonds is 4. The first-order valence-corrected chi connectivity index (χ1v) is 9.46. The molecule has 0 aromatic heterocycles. The predicted molar refractivity (Wildman–Crippen MR) is 110 cm³/mol. The Hall–Kier alpha value is -2.82. The Labute approximate surface area is 161 Å². The second-order valence-electron chi connectivity index (χ2n) is 7.25. The largest absolute Gasteiger partial charge is 0.368 e. The maximum absolute atomic E-state index is 12.5. The van der Waals surface area contributed by atoms with E-state index in [0.717, 1.165) is 13.1 Å². The van der Waals surface area contributed by atoms with Gasteiger partial charge in [-0.1, -0.05) is 32.0 Å². The van der Waals surface area contributed by atoms with Crippen molar-refractivity contribution in [2.24, 2.45) is 0 Å². The highest BCUT2D eigenvalue weighted by molar-refractivity contribution is 5.95. The van der Waals surface area contributed by atoms with Crippen LogP contribution in [0, 0.1) is 0 Å². The van der Waals surface area contributed by atoms with E-state index >= 15 is 0 Å². The highest BCUT2D eigenvalue weighted by Crippen LogP contribution is 2.28. The molecule has 27 heavy (non-hydrogen) atoms. The van der Waals surface area contributed by atoms with E-state index in [4.69, 9.17) is 0 Å². The number of benzene rings is 2. The van der Waals surface area contributed by atoms with Crippen molar-refractivity contribution in [1.82, 2.24) is 4.90 Å². The summed E-state index contributed by atoms with van der Waals surface area (Å²) in [6.07, 6.45) is 0. The molecular formula is C22H27N3O2. The van der Waals surface area contributed by atoms with Crippen LogP contribution in [0.4, 0.5) is 16.2 Å². The molecule has 1 N–H and O–H groups in total. The number of carbonyl (C=O) groups excluding carboxylic acids is 2. The number of ketones is 1. The van der Waals surface area contributed by atoms with Crippen molar-refractivity contribution in [3.8, 4) is 0 Å². The van der Waals surface area contributed by atoms with Crippen LogP contribution < -0.4 is 10.2 Å². The quantitative estimate of drug-likeness (QED) is 0.819. The molecular weight excluding hydrogens is 338 g/mol. The molecule has 0 saturated carbocycles. The third kappa shape index (κ3) is 4.48. The number of nitrogens with zero attached hydrogens (tertiary/aromatic N) is 2. The van der Waals surface area contributed by atoms with Crippen LogP contribution in [0.25, 0.3) is 0 Å². The number of amides is 2. The fraction of sp³-hybridized carbons (Fsp3) is 0.364.